The zero-order chi connectivity index (χ0) is 11.7. The largest absolute Gasteiger partial charge is 0.409 e. The molecule has 82 valence electrons. The Kier molecular flexibility index (Phi) is 2.78. The average molecular weight is 226 g/mol. The molecule has 0 aliphatic rings. The lowest BCUT2D eigenvalue weighted by Crippen LogP contribution is -2.20. The van der Waals surface area contributed by atoms with Crippen molar-refractivity contribution in [2.75, 3.05) is 0 Å². The lowest BCUT2D eigenvalue weighted by Gasteiger charge is -2.05. The molecular weight excluding hydrogens is 223 g/mol. The lowest BCUT2D eigenvalue weighted by atomic mass is 10.1. The molecule has 0 unspecified atom stereocenters. The molecule has 1 aromatic carbocycles. The van der Waals surface area contributed by atoms with Crippen molar-refractivity contribution in [1.29, 1.82) is 0 Å². The van der Waals surface area contributed by atoms with Crippen molar-refractivity contribution in [2.45, 2.75) is 0 Å². The minimum atomic E-state index is -2.31. The highest BCUT2D eigenvalue weighted by Crippen LogP contribution is 2.22. The van der Waals surface area contributed by atoms with Crippen LogP contribution in [0, 0.1) is 29.1 Å². The molecule has 0 aromatic heterocycles. The van der Waals surface area contributed by atoms with Gasteiger partial charge >= 0.3 is 0 Å². The molecule has 0 fully saturated rings. The van der Waals surface area contributed by atoms with Gasteiger partial charge in [0.15, 0.2) is 29.1 Å². The van der Waals surface area contributed by atoms with E-state index >= 15 is 0 Å². The number of nitrogens with zero attached hydrogens (tertiary/aromatic N) is 1. The molecule has 0 spiro atoms. The lowest BCUT2D eigenvalue weighted by molar-refractivity contribution is 0.317. The van der Waals surface area contributed by atoms with Crippen LogP contribution in [0.15, 0.2) is 5.16 Å². The molecule has 8 heteroatoms. The SMILES string of the molecule is N/C(=N\O)c1c(F)c(F)c(F)c(F)c1F. The Morgan fingerprint density at radius 1 is 0.867 bits per heavy atom. The van der Waals surface area contributed by atoms with Crippen molar-refractivity contribution >= 4 is 5.84 Å². The van der Waals surface area contributed by atoms with Gasteiger partial charge in [-0.05, 0) is 0 Å². The molecule has 0 atom stereocenters. The van der Waals surface area contributed by atoms with Crippen molar-refractivity contribution in [3.8, 4) is 0 Å². The number of hydrogen-bond donors (Lipinski definition) is 2. The third-order valence-corrected chi connectivity index (χ3v) is 1.57. The van der Waals surface area contributed by atoms with E-state index in [1.807, 2.05) is 0 Å². The van der Waals surface area contributed by atoms with Gasteiger partial charge in [-0.3, -0.25) is 0 Å². The smallest absolute Gasteiger partial charge is 0.200 e. The number of oxime groups is 1. The molecule has 0 aliphatic heterocycles. The van der Waals surface area contributed by atoms with Crippen LogP contribution in [0.1, 0.15) is 5.56 Å². The molecule has 0 heterocycles. The molecule has 15 heavy (non-hydrogen) atoms. The van der Waals surface area contributed by atoms with Crippen LogP contribution in [0.5, 0.6) is 0 Å². The zero-order valence-electron chi connectivity index (χ0n) is 6.86. The third-order valence-electron chi connectivity index (χ3n) is 1.57. The van der Waals surface area contributed by atoms with Crippen molar-refractivity contribution in [3.05, 3.63) is 34.6 Å². The average Bonchev–Trinajstić information content (AvgIpc) is 2.23. The molecule has 0 amide bonds. The molecule has 0 saturated heterocycles. The van der Waals surface area contributed by atoms with Crippen LogP contribution in [0.3, 0.4) is 0 Å². The van der Waals surface area contributed by atoms with Gasteiger partial charge in [0.1, 0.15) is 0 Å². The maximum atomic E-state index is 12.8. The Labute approximate surface area is 79.6 Å². The molecular formula is C7H3F5N2O. The normalized spacial score (nSPS) is 11.9. The van der Waals surface area contributed by atoms with Crippen LogP contribution in [-0.4, -0.2) is 11.0 Å². The van der Waals surface area contributed by atoms with Gasteiger partial charge in [-0.2, -0.15) is 0 Å². The summed E-state index contributed by atoms with van der Waals surface area (Å²) in [5, 5.41) is 10.2. The first-order valence-corrected chi connectivity index (χ1v) is 3.41. The van der Waals surface area contributed by atoms with Gasteiger partial charge in [0.25, 0.3) is 0 Å². The van der Waals surface area contributed by atoms with Gasteiger partial charge in [0.2, 0.25) is 5.82 Å². The molecule has 0 aliphatic carbocycles. The van der Waals surface area contributed by atoms with Crippen molar-refractivity contribution < 1.29 is 27.2 Å². The number of halogens is 5. The molecule has 1 aromatic rings. The van der Waals surface area contributed by atoms with Gasteiger partial charge in [-0.1, -0.05) is 5.16 Å². The van der Waals surface area contributed by atoms with Crippen LogP contribution in [0.4, 0.5) is 22.0 Å². The minimum absolute atomic E-state index is 1.21. The van der Waals surface area contributed by atoms with Crippen molar-refractivity contribution in [2.24, 2.45) is 10.9 Å². The maximum Gasteiger partial charge on any atom is 0.200 e. The second kappa shape index (κ2) is 3.71. The first-order chi connectivity index (χ1) is 6.91. The summed E-state index contributed by atoms with van der Waals surface area (Å²) in [6, 6.07) is 0. The fourth-order valence-corrected chi connectivity index (χ4v) is 0.880. The molecule has 0 bridgehead atoms. The summed E-state index contributed by atoms with van der Waals surface area (Å²) in [7, 11) is 0. The Morgan fingerprint density at radius 2 is 1.20 bits per heavy atom. The van der Waals surface area contributed by atoms with Crippen molar-refractivity contribution in [1.82, 2.24) is 0 Å². The highest BCUT2D eigenvalue weighted by molar-refractivity contribution is 5.97. The molecule has 1 rings (SSSR count). The Balaban J connectivity index is 3.67. The van der Waals surface area contributed by atoms with E-state index in [-0.39, 0.29) is 0 Å². The molecule has 0 saturated carbocycles. The van der Waals surface area contributed by atoms with Gasteiger partial charge in [0, 0.05) is 0 Å². The topological polar surface area (TPSA) is 58.6 Å². The van der Waals surface area contributed by atoms with Gasteiger partial charge in [-0.25, -0.2) is 22.0 Å². The predicted octanol–water partition coefficient (Wildman–Crippen LogP) is 1.48. The maximum absolute atomic E-state index is 12.8. The number of nitrogens with two attached hydrogens (primary N) is 1. The number of hydrogen-bond acceptors (Lipinski definition) is 2. The summed E-state index contributed by atoms with van der Waals surface area (Å²) in [5.41, 5.74) is 3.28. The van der Waals surface area contributed by atoms with Crippen molar-refractivity contribution in [3.63, 3.8) is 0 Å². The van der Waals surface area contributed by atoms with E-state index in [0.717, 1.165) is 0 Å². The second-order valence-corrected chi connectivity index (χ2v) is 2.43. The monoisotopic (exact) mass is 226 g/mol. The molecule has 3 N–H and O–H groups in total. The number of rotatable bonds is 1. The van der Waals surface area contributed by atoms with E-state index < -0.39 is 40.5 Å². The van der Waals surface area contributed by atoms with Crippen LogP contribution in [0.25, 0.3) is 0 Å². The summed E-state index contributed by atoms with van der Waals surface area (Å²) in [5.74, 6) is -12.1. The van der Waals surface area contributed by atoms with Gasteiger partial charge in [-0.15, -0.1) is 0 Å². The van der Waals surface area contributed by atoms with Gasteiger partial charge < -0.3 is 10.9 Å². The van der Waals surface area contributed by atoms with Gasteiger partial charge in [0.05, 0.1) is 5.56 Å². The highest BCUT2D eigenvalue weighted by Gasteiger charge is 2.27. The number of benzene rings is 1. The van der Waals surface area contributed by atoms with E-state index in [4.69, 9.17) is 10.9 Å². The number of amidine groups is 1. The summed E-state index contributed by atoms with van der Waals surface area (Å²) in [4.78, 5) is 0. The minimum Gasteiger partial charge on any atom is -0.409 e. The van der Waals surface area contributed by atoms with Crippen LogP contribution in [0.2, 0.25) is 0 Å². The Bertz CT molecular complexity index is 416. The first kappa shape index (κ1) is 11.2. The standard InChI is InChI=1S/C7H3F5N2O/c8-2-1(7(13)14-15)3(9)5(11)6(12)4(2)10/h15H,(H2,13,14). The van der Waals surface area contributed by atoms with E-state index in [9.17, 15) is 22.0 Å². The predicted molar refractivity (Wildman–Crippen MR) is 38.7 cm³/mol. The summed E-state index contributed by atoms with van der Waals surface area (Å²) in [6.07, 6.45) is 0. The highest BCUT2D eigenvalue weighted by atomic mass is 19.2. The Hall–Kier alpha value is -1.86. The fraction of sp³-hybridized carbons (Fsp3) is 0. The summed E-state index contributed by atoms with van der Waals surface area (Å²) >= 11 is 0. The summed E-state index contributed by atoms with van der Waals surface area (Å²) in [6.45, 7) is 0. The van der Waals surface area contributed by atoms with E-state index in [1.165, 1.54) is 0 Å². The Morgan fingerprint density at radius 3 is 1.53 bits per heavy atom. The van der Waals surface area contributed by atoms with E-state index in [0.29, 0.717) is 0 Å². The molecule has 3 nitrogen and oxygen atoms in total. The van der Waals surface area contributed by atoms with Crippen LogP contribution >= 0.6 is 0 Å². The van der Waals surface area contributed by atoms with Crippen LogP contribution < -0.4 is 5.73 Å². The zero-order valence-corrected chi connectivity index (χ0v) is 6.86. The summed E-state index contributed by atoms with van der Waals surface area (Å²) < 4.78 is 63.3. The van der Waals surface area contributed by atoms with E-state index in [1.54, 1.807) is 0 Å². The molecule has 0 radical (unpaired) electrons. The quantitative estimate of drug-likeness (QED) is 0.145. The third kappa shape index (κ3) is 1.58. The van der Waals surface area contributed by atoms with E-state index in [2.05, 4.69) is 5.16 Å². The second-order valence-electron chi connectivity index (χ2n) is 2.43. The van der Waals surface area contributed by atoms with Crippen LogP contribution in [-0.2, 0) is 0 Å². The fourth-order valence-electron chi connectivity index (χ4n) is 0.880. The first-order valence-electron chi connectivity index (χ1n) is 3.41.